The molecule has 0 aliphatic carbocycles. The topological polar surface area (TPSA) is 44.8 Å². The normalized spacial score (nSPS) is 16.1. The van der Waals surface area contributed by atoms with Gasteiger partial charge in [0.15, 0.2) is 0 Å². The highest BCUT2D eigenvalue weighted by molar-refractivity contribution is 5.69. The molecule has 0 aromatic carbocycles. The first-order valence-electron chi connectivity index (χ1n) is 5.68. The zero-order valence-electron chi connectivity index (χ0n) is 9.37. The number of rotatable bonds is 8. The standard InChI is InChI=1S/C11H20O4/c1-2-14-11(12)6-4-3-5-7-15-10-8-13-9-10/h10H,2-9H2,1H3. The lowest BCUT2D eigenvalue weighted by Gasteiger charge is -2.25. The van der Waals surface area contributed by atoms with Gasteiger partial charge in [-0.3, -0.25) is 4.79 Å². The summed E-state index contributed by atoms with van der Waals surface area (Å²) in [7, 11) is 0. The molecule has 0 radical (unpaired) electrons. The minimum Gasteiger partial charge on any atom is -0.466 e. The Labute approximate surface area is 90.9 Å². The predicted molar refractivity (Wildman–Crippen MR) is 55.7 cm³/mol. The van der Waals surface area contributed by atoms with Crippen molar-refractivity contribution in [2.75, 3.05) is 26.4 Å². The number of ether oxygens (including phenoxy) is 3. The van der Waals surface area contributed by atoms with Gasteiger partial charge in [-0.05, 0) is 19.8 Å². The number of hydrogen-bond acceptors (Lipinski definition) is 4. The van der Waals surface area contributed by atoms with E-state index >= 15 is 0 Å². The summed E-state index contributed by atoms with van der Waals surface area (Å²) in [5.74, 6) is -0.0918. The van der Waals surface area contributed by atoms with E-state index in [4.69, 9.17) is 14.2 Å². The maximum absolute atomic E-state index is 11.0. The molecule has 1 rings (SSSR count). The van der Waals surface area contributed by atoms with E-state index in [9.17, 15) is 4.79 Å². The maximum atomic E-state index is 11.0. The summed E-state index contributed by atoms with van der Waals surface area (Å²) < 4.78 is 15.3. The molecule has 4 heteroatoms. The first kappa shape index (κ1) is 12.5. The van der Waals surface area contributed by atoms with E-state index in [1.54, 1.807) is 0 Å². The summed E-state index contributed by atoms with van der Waals surface area (Å²) in [6, 6.07) is 0. The van der Waals surface area contributed by atoms with Crippen molar-refractivity contribution in [1.29, 1.82) is 0 Å². The largest absolute Gasteiger partial charge is 0.466 e. The molecule has 0 saturated carbocycles. The Balaban J connectivity index is 1.78. The molecule has 1 aliphatic rings. The SMILES string of the molecule is CCOC(=O)CCCCCOC1COC1. The van der Waals surface area contributed by atoms with Gasteiger partial charge in [0.25, 0.3) is 0 Å². The molecule has 0 aromatic rings. The monoisotopic (exact) mass is 216 g/mol. The Morgan fingerprint density at radius 1 is 1.33 bits per heavy atom. The molecule has 0 atom stereocenters. The summed E-state index contributed by atoms with van der Waals surface area (Å²) in [6.45, 7) is 4.55. The van der Waals surface area contributed by atoms with Gasteiger partial charge in [0, 0.05) is 13.0 Å². The predicted octanol–water partition coefficient (Wildman–Crippen LogP) is 1.53. The average Bonchev–Trinajstić information content (AvgIpc) is 2.14. The molecule has 0 spiro atoms. The highest BCUT2D eigenvalue weighted by Gasteiger charge is 2.17. The molecular weight excluding hydrogens is 196 g/mol. The van der Waals surface area contributed by atoms with Crippen molar-refractivity contribution in [2.24, 2.45) is 0 Å². The number of unbranched alkanes of at least 4 members (excludes halogenated alkanes) is 2. The lowest BCUT2D eigenvalue weighted by Crippen LogP contribution is -2.36. The van der Waals surface area contributed by atoms with Crippen LogP contribution in [0.4, 0.5) is 0 Å². The summed E-state index contributed by atoms with van der Waals surface area (Å²) in [4.78, 5) is 11.0. The number of carbonyl (C=O) groups excluding carboxylic acids is 1. The van der Waals surface area contributed by atoms with Gasteiger partial charge in [-0.15, -0.1) is 0 Å². The van der Waals surface area contributed by atoms with Crippen LogP contribution in [0.25, 0.3) is 0 Å². The van der Waals surface area contributed by atoms with E-state index in [0.717, 1.165) is 39.1 Å². The van der Waals surface area contributed by atoms with Crippen molar-refractivity contribution in [2.45, 2.75) is 38.7 Å². The summed E-state index contributed by atoms with van der Waals surface area (Å²) in [5.41, 5.74) is 0. The fourth-order valence-electron chi connectivity index (χ4n) is 1.34. The molecule has 15 heavy (non-hydrogen) atoms. The molecule has 1 aliphatic heterocycles. The number of esters is 1. The van der Waals surface area contributed by atoms with Crippen LogP contribution in [0.3, 0.4) is 0 Å². The fourth-order valence-corrected chi connectivity index (χ4v) is 1.34. The third-order valence-corrected chi connectivity index (χ3v) is 2.29. The van der Waals surface area contributed by atoms with E-state index in [-0.39, 0.29) is 5.97 Å². The molecule has 1 saturated heterocycles. The van der Waals surface area contributed by atoms with E-state index in [2.05, 4.69) is 0 Å². The molecule has 0 N–H and O–H groups in total. The Morgan fingerprint density at radius 3 is 2.73 bits per heavy atom. The van der Waals surface area contributed by atoms with Crippen LogP contribution in [-0.4, -0.2) is 38.5 Å². The van der Waals surface area contributed by atoms with Crippen LogP contribution < -0.4 is 0 Å². The van der Waals surface area contributed by atoms with Crippen LogP contribution in [0.2, 0.25) is 0 Å². The molecule has 1 heterocycles. The molecule has 4 nitrogen and oxygen atoms in total. The van der Waals surface area contributed by atoms with Gasteiger partial charge in [-0.1, -0.05) is 6.42 Å². The molecule has 0 aromatic heterocycles. The highest BCUT2D eigenvalue weighted by atomic mass is 16.6. The van der Waals surface area contributed by atoms with E-state index < -0.39 is 0 Å². The number of hydrogen-bond donors (Lipinski definition) is 0. The van der Waals surface area contributed by atoms with Crippen LogP contribution in [0, 0.1) is 0 Å². The summed E-state index contributed by atoms with van der Waals surface area (Å²) in [6.07, 6.45) is 3.77. The molecule has 1 fully saturated rings. The third kappa shape index (κ3) is 5.74. The Kier molecular flexibility index (Phi) is 6.36. The Hall–Kier alpha value is -0.610. The van der Waals surface area contributed by atoms with Gasteiger partial charge in [-0.25, -0.2) is 0 Å². The zero-order chi connectivity index (χ0) is 10.9. The van der Waals surface area contributed by atoms with Crippen LogP contribution in [0.1, 0.15) is 32.6 Å². The van der Waals surface area contributed by atoms with E-state index in [1.807, 2.05) is 6.92 Å². The molecule has 0 amide bonds. The van der Waals surface area contributed by atoms with Crippen LogP contribution in [0.5, 0.6) is 0 Å². The smallest absolute Gasteiger partial charge is 0.305 e. The zero-order valence-corrected chi connectivity index (χ0v) is 9.37. The first-order chi connectivity index (χ1) is 7.33. The minimum absolute atomic E-state index is 0.0918. The first-order valence-corrected chi connectivity index (χ1v) is 5.68. The van der Waals surface area contributed by atoms with Gasteiger partial charge in [0.2, 0.25) is 0 Å². The third-order valence-electron chi connectivity index (χ3n) is 2.29. The van der Waals surface area contributed by atoms with Crippen LogP contribution in [0.15, 0.2) is 0 Å². The van der Waals surface area contributed by atoms with Crippen molar-refractivity contribution in [3.63, 3.8) is 0 Å². The van der Waals surface area contributed by atoms with Gasteiger partial charge in [0.1, 0.15) is 6.10 Å². The quantitative estimate of drug-likeness (QED) is 0.456. The molecule has 0 unspecified atom stereocenters. The van der Waals surface area contributed by atoms with Crippen LogP contribution >= 0.6 is 0 Å². The van der Waals surface area contributed by atoms with E-state index in [0.29, 0.717) is 19.1 Å². The fraction of sp³-hybridized carbons (Fsp3) is 0.909. The minimum atomic E-state index is -0.0918. The summed E-state index contributed by atoms with van der Waals surface area (Å²) >= 11 is 0. The lowest BCUT2D eigenvalue weighted by atomic mass is 10.2. The van der Waals surface area contributed by atoms with Crippen molar-refractivity contribution in [1.82, 2.24) is 0 Å². The van der Waals surface area contributed by atoms with Crippen LogP contribution in [-0.2, 0) is 19.0 Å². The lowest BCUT2D eigenvalue weighted by molar-refractivity contribution is -0.143. The second-order valence-corrected chi connectivity index (χ2v) is 3.65. The maximum Gasteiger partial charge on any atom is 0.305 e. The van der Waals surface area contributed by atoms with Gasteiger partial charge >= 0.3 is 5.97 Å². The highest BCUT2D eigenvalue weighted by Crippen LogP contribution is 2.07. The van der Waals surface area contributed by atoms with Crippen molar-refractivity contribution in [3.8, 4) is 0 Å². The van der Waals surface area contributed by atoms with Gasteiger partial charge < -0.3 is 14.2 Å². The van der Waals surface area contributed by atoms with Gasteiger partial charge in [-0.2, -0.15) is 0 Å². The molecular formula is C11H20O4. The van der Waals surface area contributed by atoms with Gasteiger partial charge in [0.05, 0.1) is 19.8 Å². The number of carbonyl (C=O) groups is 1. The Bertz CT molecular complexity index is 177. The second-order valence-electron chi connectivity index (χ2n) is 3.65. The average molecular weight is 216 g/mol. The van der Waals surface area contributed by atoms with E-state index in [1.165, 1.54) is 0 Å². The van der Waals surface area contributed by atoms with Crippen molar-refractivity contribution >= 4 is 5.97 Å². The second kappa shape index (κ2) is 7.65. The van der Waals surface area contributed by atoms with Crippen molar-refractivity contribution in [3.05, 3.63) is 0 Å². The molecule has 0 bridgehead atoms. The Morgan fingerprint density at radius 2 is 2.13 bits per heavy atom. The molecule has 88 valence electrons. The van der Waals surface area contributed by atoms with Crippen molar-refractivity contribution < 1.29 is 19.0 Å². The summed E-state index contributed by atoms with van der Waals surface area (Å²) in [5, 5.41) is 0.